The Balaban J connectivity index is 1.65. The number of rotatable bonds is 8. The molecule has 1 aliphatic carbocycles. The molecule has 1 unspecified atom stereocenters. The molecule has 0 heterocycles. The summed E-state index contributed by atoms with van der Waals surface area (Å²) < 4.78 is 0. The average Bonchev–Trinajstić information content (AvgIpc) is 2.94. The van der Waals surface area contributed by atoms with Crippen molar-refractivity contribution in [1.29, 1.82) is 0 Å². The van der Waals surface area contributed by atoms with Gasteiger partial charge in [0.25, 0.3) is 0 Å². The molecule has 188 valence electrons. The van der Waals surface area contributed by atoms with Crippen molar-refractivity contribution in [3.8, 4) is 0 Å². The van der Waals surface area contributed by atoms with Crippen molar-refractivity contribution in [3.63, 3.8) is 0 Å². The maximum Gasteiger partial charge on any atom is 0.335 e. The number of ketones is 2. The van der Waals surface area contributed by atoms with Crippen molar-refractivity contribution in [3.05, 3.63) is 143 Å². The number of carboxylic acids is 2. The Bertz CT molecular complexity index is 1370. The fourth-order valence-electron chi connectivity index (χ4n) is 5.52. The first-order valence-electron chi connectivity index (χ1n) is 12.2. The molecule has 1 saturated carbocycles. The van der Waals surface area contributed by atoms with Crippen molar-refractivity contribution < 1.29 is 29.4 Å². The first kappa shape index (κ1) is 24.8. The molecule has 0 aliphatic heterocycles. The van der Waals surface area contributed by atoms with E-state index < -0.39 is 35.6 Å². The molecule has 6 nitrogen and oxygen atoms in total. The Kier molecular flexibility index (Phi) is 6.71. The monoisotopic (exact) mass is 504 g/mol. The zero-order chi connectivity index (χ0) is 26.8. The lowest BCUT2D eigenvalue weighted by molar-refractivity contribution is 0.0456. The quantitative estimate of drug-likeness (QED) is 0.287. The summed E-state index contributed by atoms with van der Waals surface area (Å²) >= 11 is 0. The van der Waals surface area contributed by atoms with Gasteiger partial charge in [-0.15, -0.1) is 0 Å². The fraction of sp³-hybridized carbons (Fsp3) is 0.125. The number of Topliss-reactive ketones (excluding diaryl/α,β-unsaturated/α-hetero) is 2. The number of carboxylic acid groups (broad SMARTS) is 2. The smallest absolute Gasteiger partial charge is 0.335 e. The van der Waals surface area contributed by atoms with Crippen molar-refractivity contribution in [2.75, 3.05) is 0 Å². The van der Waals surface area contributed by atoms with E-state index in [1.54, 1.807) is 72.8 Å². The highest BCUT2D eigenvalue weighted by Crippen LogP contribution is 2.59. The predicted molar refractivity (Wildman–Crippen MR) is 141 cm³/mol. The largest absolute Gasteiger partial charge is 0.478 e. The van der Waals surface area contributed by atoms with Crippen LogP contribution in [0.1, 0.15) is 64.4 Å². The SMILES string of the molecule is O=C(O)c1ccc([C@@H]2[C@@H](C(=O)c3ccccc3)C(C(=O)c3ccccc3)[C@@H]2c2ccc(C(=O)O)cc2)cc1. The van der Waals surface area contributed by atoms with Gasteiger partial charge in [0.2, 0.25) is 0 Å². The third-order valence-electron chi connectivity index (χ3n) is 7.35. The number of carbonyl (C=O) groups is 4. The Morgan fingerprint density at radius 3 is 1.03 bits per heavy atom. The molecular weight excluding hydrogens is 480 g/mol. The number of carbonyl (C=O) groups excluding carboxylic acids is 2. The van der Waals surface area contributed by atoms with Gasteiger partial charge < -0.3 is 10.2 Å². The summed E-state index contributed by atoms with van der Waals surface area (Å²) in [7, 11) is 0. The minimum atomic E-state index is -1.06. The van der Waals surface area contributed by atoms with Crippen LogP contribution in [0.5, 0.6) is 0 Å². The molecule has 2 N–H and O–H groups in total. The molecule has 0 amide bonds. The van der Waals surface area contributed by atoms with Gasteiger partial charge in [-0.3, -0.25) is 9.59 Å². The van der Waals surface area contributed by atoms with Crippen molar-refractivity contribution >= 4 is 23.5 Å². The van der Waals surface area contributed by atoms with Crippen LogP contribution >= 0.6 is 0 Å². The van der Waals surface area contributed by atoms with E-state index in [0.29, 0.717) is 11.1 Å². The minimum absolute atomic E-state index is 0.123. The van der Waals surface area contributed by atoms with Crippen LogP contribution in [0.25, 0.3) is 0 Å². The molecule has 38 heavy (non-hydrogen) atoms. The summed E-state index contributed by atoms with van der Waals surface area (Å²) in [5, 5.41) is 18.7. The highest BCUT2D eigenvalue weighted by atomic mass is 16.4. The van der Waals surface area contributed by atoms with Crippen LogP contribution in [0.3, 0.4) is 0 Å². The number of hydrogen-bond donors (Lipinski definition) is 2. The molecular formula is C32H24O6. The van der Waals surface area contributed by atoms with Crippen molar-refractivity contribution in [2.45, 2.75) is 11.8 Å². The van der Waals surface area contributed by atoms with E-state index in [1.165, 1.54) is 24.3 Å². The van der Waals surface area contributed by atoms with E-state index in [0.717, 1.165) is 11.1 Å². The van der Waals surface area contributed by atoms with Gasteiger partial charge in [0, 0.05) is 34.8 Å². The molecule has 1 fully saturated rings. The highest BCUT2D eigenvalue weighted by Gasteiger charge is 2.57. The molecule has 4 aromatic rings. The van der Waals surface area contributed by atoms with E-state index in [1.807, 2.05) is 12.1 Å². The van der Waals surface area contributed by atoms with Crippen LogP contribution in [-0.4, -0.2) is 33.7 Å². The van der Waals surface area contributed by atoms with E-state index in [4.69, 9.17) is 0 Å². The van der Waals surface area contributed by atoms with Gasteiger partial charge >= 0.3 is 11.9 Å². The minimum Gasteiger partial charge on any atom is -0.478 e. The highest BCUT2D eigenvalue weighted by molar-refractivity contribution is 6.07. The molecule has 0 aromatic heterocycles. The van der Waals surface area contributed by atoms with Crippen LogP contribution in [0.2, 0.25) is 0 Å². The van der Waals surface area contributed by atoms with E-state index in [9.17, 15) is 29.4 Å². The summed E-state index contributed by atoms with van der Waals surface area (Å²) in [5.74, 6) is -4.65. The topological polar surface area (TPSA) is 109 Å². The zero-order valence-electron chi connectivity index (χ0n) is 20.2. The van der Waals surface area contributed by atoms with Crippen LogP contribution in [-0.2, 0) is 0 Å². The Labute approximate surface area is 219 Å². The van der Waals surface area contributed by atoms with Gasteiger partial charge in [-0.05, 0) is 35.4 Å². The molecule has 6 heteroatoms. The van der Waals surface area contributed by atoms with Crippen LogP contribution in [0.15, 0.2) is 109 Å². The second-order valence-corrected chi connectivity index (χ2v) is 9.42. The maximum absolute atomic E-state index is 13.9. The van der Waals surface area contributed by atoms with Gasteiger partial charge in [-0.25, -0.2) is 9.59 Å². The summed E-state index contributed by atoms with van der Waals surface area (Å²) in [6, 6.07) is 30.4. The van der Waals surface area contributed by atoms with Crippen LogP contribution < -0.4 is 0 Å². The summed E-state index contributed by atoms with van der Waals surface area (Å²) in [6.45, 7) is 0. The summed E-state index contributed by atoms with van der Waals surface area (Å²) in [6.07, 6.45) is 0. The lowest BCUT2D eigenvalue weighted by atomic mass is 9.49. The lowest BCUT2D eigenvalue weighted by Crippen LogP contribution is -2.51. The van der Waals surface area contributed by atoms with Gasteiger partial charge in [-0.1, -0.05) is 84.9 Å². The normalized spacial score (nSPS) is 20.2. The van der Waals surface area contributed by atoms with Crippen molar-refractivity contribution in [2.24, 2.45) is 11.8 Å². The average molecular weight is 505 g/mol. The van der Waals surface area contributed by atoms with Gasteiger partial charge in [0.05, 0.1) is 11.1 Å². The third kappa shape index (κ3) is 4.52. The Morgan fingerprint density at radius 1 is 0.421 bits per heavy atom. The van der Waals surface area contributed by atoms with E-state index in [-0.39, 0.29) is 22.7 Å². The third-order valence-corrected chi connectivity index (χ3v) is 7.35. The molecule has 1 aliphatic rings. The molecule has 0 bridgehead atoms. The summed E-state index contributed by atoms with van der Waals surface area (Å²) in [4.78, 5) is 50.8. The predicted octanol–water partition coefficient (Wildman–Crippen LogP) is 5.96. The molecule has 0 spiro atoms. The summed E-state index contributed by atoms with van der Waals surface area (Å²) in [5.41, 5.74) is 2.73. The molecule has 5 rings (SSSR count). The van der Waals surface area contributed by atoms with E-state index >= 15 is 0 Å². The first-order chi connectivity index (χ1) is 18.4. The van der Waals surface area contributed by atoms with Crippen LogP contribution in [0.4, 0.5) is 0 Å². The standard InChI is InChI=1S/C32H24O6/c33-29(21-7-3-1-4-8-21)27-25(19-11-15-23(16-12-19)31(35)36)26(20-13-17-24(18-14-20)32(37)38)28(27)30(34)22-9-5-2-6-10-22/h1-18,25-28H,(H,35,36)(H,37,38)/t25-,26+,27+,28?/m0/s1. The first-order valence-corrected chi connectivity index (χ1v) is 12.2. The molecule has 0 radical (unpaired) electrons. The van der Waals surface area contributed by atoms with Crippen LogP contribution in [0, 0.1) is 11.8 Å². The fourth-order valence-corrected chi connectivity index (χ4v) is 5.52. The van der Waals surface area contributed by atoms with Crippen molar-refractivity contribution in [1.82, 2.24) is 0 Å². The van der Waals surface area contributed by atoms with Gasteiger partial charge in [-0.2, -0.15) is 0 Å². The Morgan fingerprint density at radius 2 is 0.737 bits per heavy atom. The zero-order valence-corrected chi connectivity index (χ0v) is 20.2. The number of aromatic carboxylic acids is 2. The molecule has 4 atom stereocenters. The second-order valence-electron chi connectivity index (χ2n) is 9.42. The maximum atomic E-state index is 13.9. The molecule has 0 saturated heterocycles. The van der Waals surface area contributed by atoms with Gasteiger partial charge in [0.1, 0.15) is 0 Å². The second kappa shape index (κ2) is 10.3. The number of hydrogen-bond acceptors (Lipinski definition) is 4. The molecule has 4 aromatic carbocycles. The number of benzene rings is 4. The Hall–Kier alpha value is -4.84. The van der Waals surface area contributed by atoms with E-state index in [2.05, 4.69) is 0 Å². The lowest BCUT2D eigenvalue weighted by Gasteiger charge is -2.51. The van der Waals surface area contributed by atoms with Gasteiger partial charge in [0.15, 0.2) is 11.6 Å².